The van der Waals surface area contributed by atoms with E-state index in [9.17, 15) is 14.4 Å². The summed E-state index contributed by atoms with van der Waals surface area (Å²) in [5.74, 6) is 0.674. The fourth-order valence-corrected chi connectivity index (χ4v) is 4.47. The number of carbonyl (C=O) groups excluding carboxylic acids is 3. The summed E-state index contributed by atoms with van der Waals surface area (Å²) in [6.07, 6.45) is 1.68. The molecule has 8 nitrogen and oxygen atoms in total. The Morgan fingerprint density at radius 1 is 0.944 bits per heavy atom. The van der Waals surface area contributed by atoms with Gasteiger partial charge < -0.3 is 19.5 Å². The van der Waals surface area contributed by atoms with E-state index in [1.165, 1.54) is 4.90 Å². The van der Waals surface area contributed by atoms with Gasteiger partial charge in [0.1, 0.15) is 17.2 Å². The molecule has 0 saturated carbocycles. The molecule has 2 heterocycles. The lowest BCUT2D eigenvalue weighted by molar-refractivity contribution is -0.118. The van der Waals surface area contributed by atoms with E-state index in [4.69, 9.17) is 14.2 Å². The van der Waals surface area contributed by atoms with Crippen molar-refractivity contribution in [3.05, 3.63) is 81.4 Å². The zero-order chi connectivity index (χ0) is 25.1. The molecule has 2 aliphatic heterocycles. The fourth-order valence-electron chi connectivity index (χ4n) is 4.11. The highest BCUT2D eigenvalue weighted by Gasteiger charge is 2.37. The first kappa shape index (κ1) is 24.3. The third-order valence-corrected chi connectivity index (χ3v) is 6.63. The number of halogens is 1. The molecule has 3 amide bonds. The number of hydrogen-bond donors (Lipinski definition) is 1. The summed E-state index contributed by atoms with van der Waals surface area (Å²) in [5, 5.41) is 2.77. The van der Waals surface area contributed by atoms with E-state index < -0.39 is 0 Å². The highest BCUT2D eigenvalue weighted by atomic mass is 127. The maximum absolute atomic E-state index is 12.8. The first-order valence-corrected chi connectivity index (χ1v) is 12.6. The number of nitrogens with one attached hydrogen (secondary N) is 1. The molecule has 0 spiro atoms. The van der Waals surface area contributed by atoms with Crippen molar-refractivity contribution in [3.8, 4) is 17.2 Å². The molecule has 0 aliphatic carbocycles. The van der Waals surface area contributed by atoms with E-state index in [0.29, 0.717) is 40.7 Å². The summed E-state index contributed by atoms with van der Waals surface area (Å²) in [4.78, 5) is 39.0. The monoisotopic (exact) mass is 598 g/mol. The molecule has 1 fully saturated rings. The summed E-state index contributed by atoms with van der Waals surface area (Å²) in [6, 6.07) is 19.1. The second-order valence-electron chi connectivity index (χ2n) is 8.48. The maximum Gasteiger partial charge on any atom is 0.262 e. The molecule has 1 unspecified atom stereocenters. The van der Waals surface area contributed by atoms with Gasteiger partial charge in [-0.2, -0.15) is 0 Å². The number of fused-ring (bicyclic) bond motifs is 1. The van der Waals surface area contributed by atoms with Crippen LogP contribution in [0, 0.1) is 3.57 Å². The van der Waals surface area contributed by atoms with Crippen LogP contribution in [0.2, 0.25) is 0 Å². The maximum atomic E-state index is 12.8. The molecular weight excluding hydrogens is 575 g/mol. The molecule has 3 aromatic rings. The Labute approximate surface area is 221 Å². The van der Waals surface area contributed by atoms with Crippen molar-refractivity contribution in [1.82, 2.24) is 4.90 Å². The van der Waals surface area contributed by atoms with Gasteiger partial charge in [0.05, 0.1) is 23.8 Å². The minimum Gasteiger partial charge on any atom is -0.484 e. The summed E-state index contributed by atoms with van der Waals surface area (Å²) in [6.45, 7) is 0.825. The summed E-state index contributed by atoms with van der Waals surface area (Å²) in [7, 11) is 0. The number of amides is 3. The number of imide groups is 1. The van der Waals surface area contributed by atoms with Crippen molar-refractivity contribution in [2.75, 3.05) is 25.1 Å². The van der Waals surface area contributed by atoms with Crippen LogP contribution in [0.4, 0.5) is 5.69 Å². The third-order valence-electron chi connectivity index (χ3n) is 5.91. The zero-order valence-electron chi connectivity index (χ0n) is 19.2. The van der Waals surface area contributed by atoms with E-state index in [0.717, 1.165) is 16.4 Å². The number of anilines is 1. The third kappa shape index (κ3) is 5.52. The molecule has 0 radical (unpaired) electrons. The van der Waals surface area contributed by atoms with Crippen LogP contribution in [0.1, 0.15) is 33.6 Å². The Kier molecular flexibility index (Phi) is 7.19. The Morgan fingerprint density at radius 3 is 2.36 bits per heavy atom. The Morgan fingerprint density at radius 2 is 1.64 bits per heavy atom. The van der Waals surface area contributed by atoms with Gasteiger partial charge >= 0.3 is 0 Å². The molecule has 9 heteroatoms. The molecule has 3 aromatic carbocycles. The molecule has 1 N–H and O–H groups in total. The predicted molar refractivity (Wildman–Crippen MR) is 141 cm³/mol. The molecular formula is C27H23IN2O6. The highest BCUT2D eigenvalue weighted by molar-refractivity contribution is 14.1. The van der Waals surface area contributed by atoms with Crippen molar-refractivity contribution in [2.45, 2.75) is 18.9 Å². The normalized spacial score (nSPS) is 16.7. The fraction of sp³-hybridized carbons (Fsp3) is 0.222. The Hall–Kier alpha value is -3.44. The largest absolute Gasteiger partial charge is 0.484 e. The van der Waals surface area contributed by atoms with Crippen LogP contribution in [0.5, 0.6) is 17.2 Å². The molecule has 0 aromatic heterocycles. The second-order valence-corrected chi connectivity index (χ2v) is 9.73. The van der Waals surface area contributed by atoms with E-state index in [1.807, 2.05) is 24.3 Å². The van der Waals surface area contributed by atoms with Gasteiger partial charge in [0, 0.05) is 15.9 Å². The van der Waals surface area contributed by atoms with Crippen LogP contribution in [0.15, 0.2) is 66.7 Å². The highest BCUT2D eigenvalue weighted by Crippen LogP contribution is 2.31. The molecule has 5 rings (SSSR count). The van der Waals surface area contributed by atoms with Gasteiger partial charge in [-0.3, -0.25) is 19.3 Å². The smallest absolute Gasteiger partial charge is 0.262 e. The average molecular weight is 598 g/mol. The van der Waals surface area contributed by atoms with E-state index >= 15 is 0 Å². The lowest BCUT2D eigenvalue weighted by Crippen LogP contribution is -2.36. The van der Waals surface area contributed by atoms with Gasteiger partial charge in [-0.25, -0.2) is 0 Å². The average Bonchev–Trinajstić information content (AvgIpc) is 3.48. The summed E-state index contributed by atoms with van der Waals surface area (Å²) < 4.78 is 18.0. The molecule has 36 heavy (non-hydrogen) atoms. The molecule has 0 bridgehead atoms. The zero-order valence-corrected chi connectivity index (χ0v) is 21.4. The number of rotatable bonds is 8. The predicted octanol–water partition coefficient (Wildman–Crippen LogP) is 4.88. The first-order valence-electron chi connectivity index (χ1n) is 11.5. The SMILES string of the molecule is O=C(COc1ccc(I)cc1)Nc1ccc(Oc2ccc3c(c2)C(=O)N(CC2CCCO2)C3=O)cc1. The lowest BCUT2D eigenvalue weighted by Gasteiger charge is -2.17. The van der Waals surface area contributed by atoms with Gasteiger partial charge in [0.2, 0.25) is 0 Å². The van der Waals surface area contributed by atoms with Crippen molar-refractivity contribution in [1.29, 1.82) is 0 Å². The first-order chi connectivity index (χ1) is 17.5. The van der Waals surface area contributed by atoms with Gasteiger partial charge in [0.25, 0.3) is 17.7 Å². The second kappa shape index (κ2) is 10.7. The topological polar surface area (TPSA) is 94.2 Å². The van der Waals surface area contributed by atoms with Crippen LogP contribution in [0.3, 0.4) is 0 Å². The van der Waals surface area contributed by atoms with Crippen molar-refractivity contribution >= 4 is 46.0 Å². The lowest BCUT2D eigenvalue weighted by atomic mass is 10.1. The summed E-state index contributed by atoms with van der Waals surface area (Å²) in [5.41, 5.74) is 1.29. The van der Waals surface area contributed by atoms with Gasteiger partial charge in [-0.15, -0.1) is 0 Å². The van der Waals surface area contributed by atoms with E-state index in [2.05, 4.69) is 27.9 Å². The van der Waals surface area contributed by atoms with Crippen molar-refractivity contribution in [3.63, 3.8) is 0 Å². The van der Waals surface area contributed by atoms with Crippen LogP contribution >= 0.6 is 22.6 Å². The standard InChI is InChI=1S/C27H23IN2O6/c28-17-3-7-19(8-4-17)35-16-25(31)29-18-5-9-20(10-6-18)36-21-11-12-23-24(14-21)27(33)30(26(23)32)15-22-2-1-13-34-22/h3-12,14,22H,1-2,13,15-16H2,(H,29,31). The van der Waals surface area contributed by atoms with Crippen molar-refractivity contribution in [2.24, 2.45) is 0 Å². The Balaban J connectivity index is 1.17. The summed E-state index contributed by atoms with van der Waals surface area (Å²) >= 11 is 2.20. The Bertz CT molecular complexity index is 1290. The minimum absolute atomic E-state index is 0.101. The number of hydrogen-bond acceptors (Lipinski definition) is 6. The van der Waals surface area contributed by atoms with Crippen LogP contribution in [-0.2, 0) is 9.53 Å². The van der Waals surface area contributed by atoms with Crippen LogP contribution < -0.4 is 14.8 Å². The number of nitrogens with zero attached hydrogens (tertiary/aromatic N) is 1. The molecule has 1 atom stereocenters. The number of benzene rings is 3. The van der Waals surface area contributed by atoms with E-state index in [1.54, 1.807) is 42.5 Å². The quantitative estimate of drug-likeness (QED) is 0.294. The van der Waals surface area contributed by atoms with Gasteiger partial charge in [-0.05, 0) is 102 Å². The van der Waals surface area contributed by atoms with Gasteiger partial charge in [-0.1, -0.05) is 0 Å². The molecule has 1 saturated heterocycles. The van der Waals surface area contributed by atoms with Crippen LogP contribution in [-0.4, -0.2) is 48.5 Å². The molecule has 2 aliphatic rings. The van der Waals surface area contributed by atoms with Crippen molar-refractivity contribution < 1.29 is 28.6 Å². The van der Waals surface area contributed by atoms with Crippen LogP contribution in [0.25, 0.3) is 0 Å². The molecule has 184 valence electrons. The number of ether oxygens (including phenoxy) is 3. The minimum atomic E-state index is -0.332. The van der Waals surface area contributed by atoms with Gasteiger partial charge in [0.15, 0.2) is 6.61 Å². The number of carbonyl (C=O) groups is 3. The van der Waals surface area contributed by atoms with E-state index in [-0.39, 0.29) is 37.0 Å².